The number of hydrogen-bond donors (Lipinski definition) is 1. The number of pyridine rings is 1. The molecule has 1 aliphatic heterocycles. The van der Waals surface area contributed by atoms with Crippen molar-refractivity contribution in [1.29, 1.82) is 0 Å². The van der Waals surface area contributed by atoms with Gasteiger partial charge in [-0.15, -0.1) is 5.10 Å². The molecule has 0 unspecified atom stereocenters. The summed E-state index contributed by atoms with van der Waals surface area (Å²) in [5.74, 6) is 0. The summed E-state index contributed by atoms with van der Waals surface area (Å²) in [6, 6.07) is 25.3. The Labute approximate surface area is 198 Å². The zero-order chi connectivity index (χ0) is 22.7. The van der Waals surface area contributed by atoms with Gasteiger partial charge < -0.3 is 9.88 Å². The molecule has 1 N–H and O–H groups in total. The number of aromatic amines is 1. The van der Waals surface area contributed by atoms with Crippen molar-refractivity contribution in [3.8, 4) is 11.3 Å². The Morgan fingerprint density at radius 3 is 2.38 bits per heavy atom. The molecule has 0 aliphatic carbocycles. The number of H-pyrrole nitrogens is 1. The van der Waals surface area contributed by atoms with Crippen molar-refractivity contribution in [2.75, 3.05) is 31.1 Å². The first-order chi connectivity index (χ1) is 16.8. The predicted octanol–water partition coefficient (Wildman–Crippen LogP) is 4.19. The van der Waals surface area contributed by atoms with Crippen molar-refractivity contribution in [3.05, 3.63) is 96.4 Å². The van der Waals surface area contributed by atoms with Gasteiger partial charge in [0.1, 0.15) is 11.3 Å². The zero-order valence-electron chi connectivity index (χ0n) is 19.0. The van der Waals surface area contributed by atoms with Gasteiger partial charge in [-0.1, -0.05) is 53.7 Å². The second-order valence-electron chi connectivity index (χ2n) is 8.84. The first-order valence-corrected chi connectivity index (χ1v) is 11.7. The molecule has 34 heavy (non-hydrogen) atoms. The minimum atomic E-state index is 0.704. The maximum Gasteiger partial charge on any atom is 0.137 e. The average Bonchev–Trinajstić information content (AvgIpc) is 3.52. The molecule has 7 heteroatoms. The topological polar surface area (TPSA) is 65.9 Å². The minimum Gasteiger partial charge on any atom is -0.369 e. The van der Waals surface area contributed by atoms with Gasteiger partial charge in [-0.3, -0.25) is 4.90 Å². The molecular weight excluding hydrogens is 422 g/mol. The van der Waals surface area contributed by atoms with Crippen molar-refractivity contribution < 1.29 is 0 Å². The average molecular weight is 450 g/mol. The number of anilines is 1. The number of hydrogen-bond acceptors (Lipinski definition) is 5. The molecule has 0 radical (unpaired) electrons. The number of aromatic nitrogens is 5. The monoisotopic (exact) mass is 449 g/mol. The molecule has 170 valence electrons. The van der Waals surface area contributed by atoms with E-state index < -0.39 is 0 Å². The van der Waals surface area contributed by atoms with Gasteiger partial charge in [0.15, 0.2) is 0 Å². The van der Waals surface area contributed by atoms with E-state index in [-0.39, 0.29) is 0 Å². The fourth-order valence-corrected chi connectivity index (χ4v) is 4.62. The fraction of sp³-hybridized carbons (Fsp3) is 0.222. The van der Waals surface area contributed by atoms with Crippen molar-refractivity contribution in [2.24, 2.45) is 0 Å². The molecule has 1 aliphatic rings. The second-order valence-corrected chi connectivity index (χ2v) is 8.84. The van der Waals surface area contributed by atoms with E-state index in [2.05, 4.69) is 84.7 Å². The molecule has 1 saturated heterocycles. The molecule has 5 aromatic rings. The largest absolute Gasteiger partial charge is 0.369 e. The molecule has 6 rings (SSSR count). The Bertz CT molecular complexity index is 1370. The van der Waals surface area contributed by atoms with Crippen LogP contribution in [0.3, 0.4) is 0 Å². The lowest BCUT2D eigenvalue weighted by Gasteiger charge is -2.35. The van der Waals surface area contributed by atoms with E-state index in [4.69, 9.17) is 0 Å². The standard InChI is InChI=1S/C27H27N7/c1-3-7-21(8-4-1)18-34-20-26(30-31-34)23-15-22-16-24(29-27(22)28-17-23)19-32-11-13-33(14-12-32)25-9-5-2-6-10-25/h1-10,15-17,20H,11-14,18-19H2,(H,28,29). The third-order valence-electron chi connectivity index (χ3n) is 6.44. The summed E-state index contributed by atoms with van der Waals surface area (Å²) in [5, 5.41) is 9.78. The number of piperazine rings is 1. The number of para-hydroxylation sites is 1. The molecule has 7 nitrogen and oxygen atoms in total. The number of benzene rings is 2. The van der Waals surface area contributed by atoms with Crippen LogP contribution < -0.4 is 4.90 Å². The Kier molecular flexibility index (Phi) is 5.53. The van der Waals surface area contributed by atoms with Crippen LogP contribution in [0, 0.1) is 0 Å². The molecular formula is C27H27N7. The van der Waals surface area contributed by atoms with Gasteiger partial charge >= 0.3 is 0 Å². The van der Waals surface area contributed by atoms with Gasteiger partial charge in [0, 0.05) is 61.3 Å². The zero-order valence-corrected chi connectivity index (χ0v) is 19.0. The Morgan fingerprint density at radius 1 is 0.824 bits per heavy atom. The highest BCUT2D eigenvalue weighted by molar-refractivity contribution is 5.81. The van der Waals surface area contributed by atoms with Gasteiger partial charge in [-0.2, -0.15) is 0 Å². The van der Waals surface area contributed by atoms with E-state index >= 15 is 0 Å². The maximum absolute atomic E-state index is 4.66. The molecule has 0 atom stereocenters. The van der Waals surface area contributed by atoms with Crippen LogP contribution in [0.2, 0.25) is 0 Å². The van der Waals surface area contributed by atoms with E-state index in [1.54, 1.807) is 0 Å². The minimum absolute atomic E-state index is 0.704. The second kappa shape index (κ2) is 9.11. The van der Waals surface area contributed by atoms with Crippen LogP contribution in [0.1, 0.15) is 11.3 Å². The first kappa shape index (κ1) is 20.6. The Balaban J connectivity index is 1.12. The number of fused-ring (bicyclic) bond motifs is 1. The van der Waals surface area contributed by atoms with Gasteiger partial charge in [0.05, 0.1) is 12.7 Å². The lowest BCUT2D eigenvalue weighted by molar-refractivity contribution is 0.247. The van der Waals surface area contributed by atoms with Crippen LogP contribution >= 0.6 is 0 Å². The van der Waals surface area contributed by atoms with E-state index in [9.17, 15) is 0 Å². The van der Waals surface area contributed by atoms with Gasteiger partial charge in [0.2, 0.25) is 0 Å². The number of rotatable bonds is 6. The summed E-state index contributed by atoms with van der Waals surface area (Å²) < 4.78 is 1.87. The molecule has 3 aromatic heterocycles. The summed E-state index contributed by atoms with van der Waals surface area (Å²) in [6.45, 7) is 5.80. The lowest BCUT2D eigenvalue weighted by atomic mass is 10.2. The molecule has 0 saturated carbocycles. The van der Waals surface area contributed by atoms with E-state index in [0.29, 0.717) is 6.54 Å². The SMILES string of the molecule is c1ccc(Cn2cc(-c3cnc4[nH]c(CN5CCN(c6ccccc6)CC5)cc4c3)nn2)cc1. The van der Waals surface area contributed by atoms with Crippen LogP contribution in [-0.2, 0) is 13.1 Å². The highest BCUT2D eigenvalue weighted by atomic mass is 15.4. The van der Waals surface area contributed by atoms with Crippen molar-refractivity contribution in [3.63, 3.8) is 0 Å². The van der Waals surface area contributed by atoms with E-state index in [0.717, 1.165) is 55.0 Å². The van der Waals surface area contributed by atoms with Crippen LogP contribution in [0.4, 0.5) is 5.69 Å². The van der Waals surface area contributed by atoms with E-state index in [1.807, 2.05) is 35.3 Å². The fourth-order valence-electron chi connectivity index (χ4n) is 4.62. The highest BCUT2D eigenvalue weighted by Crippen LogP contribution is 2.23. The van der Waals surface area contributed by atoms with Crippen LogP contribution in [0.25, 0.3) is 22.3 Å². The molecule has 0 spiro atoms. The third kappa shape index (κ3) is 4.43. The van der Waals surface area contributed by atoms with Crippen LogP contribution in [-0.4, -0.2) is 56.0 Å². The maximum atomic E-state index is 4.66. The van der Waals surface area contributed by atoms with Gasteiger partial charge in [-0.05, 0) is 29.8 Å². The summed E-state index contributed by atoms with van der Waals surface area (Å²) in [5.41, 5.74) is 6.44. The van der Waals surface area contributed by atoms with Crippen LogP contribution in [0.5, 0.6) is 0 Å². The predicted molar refractivity (Wildman–Crippen MR) is 135 cm³/mol. The van der Waals surface area contributed by atoms with E-state index in [1.165, 1.54) is 16.9 Å². The lowest BCUT2D eigenvalue weighted by Crippen LogP contribution is -2.46. The summed E-state index contributed by atoms with van der Waals surface area (Å²) in [7, 11) is 0. The van der Waals surface area contributed by atoms with Gasteiger partial charge in [0.25, 0.3) is 0 Å². The highest BCUT2D eigenvalue weighted by Gasteiger charge is 2.18. The van der Waals surface area contributed by atoms with Crippen molar-refractivity contribution in [2.45, 2.75) is 13.1 Å². The molecule has 1 fully saturated rings. The molecule has 0 amide bonds. The van der Waals surface area contributed by atoms with Crippen LogP contribution in [0.15, 0.2) is 85.2 Å². The summed E-state index contributed by atoms with van der Waals surface area (Å²) in [4.78, 5) is 13.1. The summed E-state index contributed by atoms with van der Waals surface area (Å²) >= 11 is 0. The molecule has 4 heterocycles. The first-order valence-electron chi connectivity index (χ1n) is 11.7. The number of nitrogens with one attached hydrogen (secondary N) is 1. The molecule has 2 aromatic carbocycles. The van der Waals surface area contributed by atoms with Crippen molar-refractivity contribution >= 4 is 16.7 Å². The summed E-state index contributed by atoms with van der Waals surface area (Å²) in [6.07, 6.45) is 3.85. The third-order valence-corrected chi connectivity index (χ3v) is 6.44. The Morgan fingerprint density at radius 2 is 1.59 bits per heavy atom. The quantitative estimate of drug-likeness (QED) is 0.421. The normalized spacial score (nSPS) is 14.6. The van der Waals surface area contributed by atoms with Crippen molar-refractivity contribution in [1.82, 2.24) is 29.9 Å². The smallest absolute Gasteiger partial charge is 0.137 e. The van der Waals surface area contributed by atoms with Gasteiger partial charge in [-0.25, -0.2) is 9.67 Å². The molecule has 0 bridgehead atoms. The Hall–Kier alpha value is -3.97. The number of nitrogens with zero attached hydrogens (tertiary/aromatic N) is 6.